The highest BCUT2D eigenvalue weighted by Gasteiger charge is 2.15. The summed E-state index contributed by atoms with van der Waals surface area (Å²) in [4.78, 5) is 23.8. The molecule has 0 bridgehead atoms. The van der Waals surface area contributed by atoms with E-state index < -0.39 is 12.5 Å². The molecule has 4 nitrogen and oxygen atoms in total. The molecule has 0 atom stereocenters. The molecule has 0 unspecified atom stereocenters. The van der Waals surface area contributed by atoms with Gasteiger partial charge >= 0.3 is 6.61 Å². The Balaban J connectivity index is 2.24. The molecule has 2 rings (SSSR count). The lowest BCUT2D eigenvalue weighted by Crippen LogP contribution is -2.15. The fourth-order valence-electron chi connectivity index (χ4n) is 2.07. The first-order chi connectivity index (χ1) is 11.9. The molecule has 0 aliphatic heterocycles. The molecule has 0 spiro atoms. The average Bonchev–Trinajstić information content (AvgIpc) is 2.57. The van der Waals surface area contributed by atoms with E-state index in [9.17, 15) is 18.4 Å². The van der Waals surface area contributed by atoms with Crippen molar-refractivity contribution in [1.82, 2.24) is 0 Å². The summed E-state index contributed by atoms with van der Waals surface area (Å²) in [5.74, 6) is -1.43. The maximum absolute atomic E-state index is 12.5. The van der Waals surface area contributed by atoms with Crippen LogP contribution in [0.1, 0.15) is 15.9 Å². The zero-order valence-electron chi connectivity index (χ0n) is 12.8. The summed E-state index contributed by atoms with van der Waals surface area (Å²) in [5.41, 5.74) is 1.02. The first-order valence-electron chi connectivity index (χ1n) is 7.11. The minimum Gasteiger partial charge on any atom is -0.433 e. The van der Waals surface area contributed by atoms with E-state index in [4.69, 9.17) is 11.6 Å². The van der Waals surface area contributed by atoms with Gasteiger partial charge in [0.15, 0.2) is 5.78 Å². The molecular formula is C17H13BrClF2NO3. The molecule has 0 aliphatic carbocycles. The number of carbonyl (C=O) groups is 2. The second-order valence-corrected chi connectivity index (χ2v) is 6.18. The largest absolute Gasteiger partial charge is 0.433 e. The summed E-state index contributed by atoms with van der Waals surface area (Å²) in [6.45, 7) is -3.06. The molecule has 0 aromatic heterocycles. The zero-order valence-corrected chi connectivity index (χ0v) is 15.1. The van der Waals surface area contributed by atoms with E-state index in [1.165, 1.54) is 18.2 Å². The Labute approximate surface area is 156 Å². The number of ether oxygens (including phenoxy) is 1. The van der Waals surface area contributed by atoms with E-state index >= 15 is 0 Å². The summed E-state index contributed by atoms with van der Waals surface area (Å²) >= 11 is 8.72. The van der Waals surface area contributed by atoms with Crippen molar-refractivity contribution in [3.63, 3.8) is 0 Å². The number of hydrogen-bond donors (Lipinski definition) is 1. The summed E-state index contributed by atoms with van der Waals surface area (Å²) in [5, 5.41) is 2.34. The van der Waals surface area contributed by atoms with Gasteiger partial charge in [-0.1, -0.05) is 28.1 Å². The number of halogens is 4. The Kier molecular flexibility index (Phi) is 6.90. The smallest absolute Gasteiger partial charge is 0.387 e. The molecule has 25 heavy (non-hydrogen) atoms. The van der Waals surface area contributed by atoms with Gasteiger partial charge in [0.2, 0.25) is 5.91 Å². The van der Waals surface area contributed by atoms with Gasteiger partial charge in [0.05, 0.1) is 5.69 Å². The Bertz CT molecular complexity index is 769. The number of alkyl halides is 3. The number of amides is 1. The molecule has 0 aliphatic rings. The molecule has 0 heterocycles. The van der Waals surface area contributed by atoms with Crippen LogP contribution < -0.4 is 10.1 Å². The predicted molar refractivity (Wildman–Crippen MR) is 94.6 cm³/mol. The molecule has 1 N–H and O–H groups in total. The van der Waals surface area contributed by atoms with Crippen LogP contribution in [0.2, 0.25) is 0 Å². The lowest BCUT2D eigenvalue weighted by molar-refractivity contribution is -0.114. The summed E-state index contributed by atoms with van der Waals surface area (Å²) < 4.78 is 30.2. The van der Waals surface area contributed by atoms with Crippen molar-refractivity contribution < 1.29 is 23.1 Å². The third-order valence-corrected chi connectivity index (χ3v) is 3.96. The molecule has 132 valence electrons. The first kappa shape index (κ1) is 19.3. The van der Waals surface area contributed by atoms with Crippen LogP contribution in [0.15, 0.2) is 46.9 Å². The van der Waals surface area contributed by atoms with Gasteiger partial charge in [-0.2, -0.15) is 8.78 Å². The fraction of sp³-hybridized carbons (Fsp3) is 0.176. The van der Waals surface area contributed by atoms with Crippen LogP contribution in [0.25, 0.3) is 0 Å². The van der Waals surface area contributed by atoms with E-state index in [0.717, 1.165) is 10.0 Å². The number of ketones is 1. The lowest BCUT2D eigenvalue weighted by atomic mass is 10.0. The van der Waals surface area contributed by atoms with Gasteiger partial charge in [0.25, 0.3) is 0 Å². The highest BCUT2D eigenvalue weighted by atomic mass is 79.9. The minimum absolute atomic E-state index is 0.0346. The normalized spacial score (nSPS) is 10.6. The molecule has 2 aromatic carbocycles. The van der Waals surface area contributed by atoms with Crippen LogP contribution in [0.3, 0.4) is 0 Å². The van der Waals surface area contributed by atoms with Crippen LogP contribution in [-0.2, 0) is 11.2 Å². The van der Waals surface area contributed by atoms with Crippen molar-refractivity contribution in [3.8, 4) is 5.75 Å². The topological polar surface area (TPSA) is 55.4 Å². The Morgan fingerprint density at radius 3 is 2.44 bits per heavy atom. The predicted octanol–water partition coefficient (Wildman–Crippen LogP) is 4.65. The van der Waals surface area contributed by atoms with E-state index in [1.807, 2.05) is 12.1 Å². The average molecular weight is 433 g/mol. The van der Waals surface area contributed by atoms with Crippen LogP contribution in [-0.4, -0.2) is 24.2 Å². The molecule has 0 radical (unpaired) electrons. The Morgan fingerprint density at radius 2 is 1.84 bits per heavy atom. The molecule has 2 aromatic rings. The number of Topliss-reactive ketones (excluding diaryl/α,β-unsaturated/α-hetero) is 1. The number of benzene rings is 2. The van der Waals surface area contributed by atoms with Gasteiger partial charge in [-0.15, -0.1) is 11.6 Å². The SMILES string of the molecule is O=C(CCl)Nc1cc(C(=O)Cc2ccc(Br)cc2)ccc1OC(F)F. The maximum atomic E-state index is 12.5. The van der Waals surface area contributed by atoms with Crippen LogP contribution in [0, 0.1) is 0 Å². The zero-order chi connectivity index (χ0) is 18.4. The molecule has 8 heteroatoms. The van der Waals surface area contributed by atoms with Crippen molar-refractivity contribution in [2.24, 2.45) is 0 Å². The standard InChI is InChI=1S/C17H13BrClF2NO3/c18-12-4-1-10(2-5-12)7-14(23)11-3-6-15(25-17(20)21)13(8-11)22-16(24)9-19/h1-6,8,17H,7,9H2,(H,22,24). The molecule has 0 saturated heterocycles. The van der Waals surface area contributed by atoms with Gasteiger partial charge in [0.1, 0.15) is 11.6 Å². The third-order valence-electron chi connectivity index (χ3n) is 3.19. The van der Waals surface area contributed by atoms with Gasteiger partial charge in [-0.3, -0.25) is 9.59 Å². The quantitative estimate of drug-likeness (QED) is 0.512. The molecular weight excluding hydrogens is 420 g/mol. The Hall–Kier alpha value is -1.99. The van der Waals surface area contributed by atoms with E-state index in [-0.39, 0.29) is 35.1 Å². The number of rotatable bonds is 7. The van der Waals surface area contributed by atoms with E-state index in [0.29, 0.717) is 0 Å². The molecule has 1 amide bonds. The minimum atomic E-state index is -3.06. The second kappa shape index (κ2) is 8.92. The van der Waals surface area contributed by atoms with Crippen molar-refractivity contribution in [2.75, 3.05) is 11.2 Å². The van der Waals surface area contributed by atoms with Crippen molar-refractivity contribution in [2.45, 2.75) is 13.0 Å². The van der Waals surface area contributed by atoms with E-state index in [2.05, 4.69) is 26.0 Å². The van der Waals surface area contributed by atoms with Gasteiger partial charge < -0.3 is 10.1 Å². The maximum Gasteiger partial charge on any atom is 0.387 e. The highest BCUT2D eigenvalue weighted by molar-refractivity contribution is 9.10. The summed E-state index contributed by atoms with van der Waals surface area (Å²) in [6, 6.07) is 11.1. The first-order valence-corrected chi connectivity index (χ1v) is 8.44. The van der Waals surface area contributed by atoms with Crippen molar-refractivity contribution in [3.05, 3.63) is 58.1 Å². The van der Waals surface area contributed by atoms with Crippen LogP contribution in [0.4, 0.5) is 14.5 Å². The summed E-state index contributed by atoms with van der Waals surface area (Å²) in [7, 11) is 0. The van der Waals surface area contributed by atoms with Gasteiger partial charge in [0, 0.05) is 16.5 Å². The van der Waals surface area contributed by atoms with Crippen molar-refractivity contribution >= 4 is 44.9 Å². The second-order valence-electron chi connectivity index (χ2n) is 5.00. The number of anilines is 1. The Morgan fingerprint density at radius 1 is 1.16 bits per heavy atom. The molecule has 0 saturated carbocycles. The van der Waals surface area contributed by atoms with Crippen LogP contribution >= 0.6 is 27.5 Å². The molecule has 0 fully saturated rings. The highest BCUT2D eigenvalue weighted by Crippen LogP contribution is 2.28. The van der Waals surface area contributed by atoms with Crippen LogP contribution in [0.5, 0.6) is 5.75 Å². The number of nitrogens with one attached hydrogen (secondary N) is 1. The number of hydrogen-bond acceptors (Lipinski definition) is 3. The van der Waals surface area contributed by atoms with E-state index in [1.54, 1.807) is 12.1 Å². The summed E-state index contributed by atoms with van der Waals surface area (Å²) in [6.07, 6.45) is 0.130. The lowest BCUT2D eigenvalue weighted by Gasteiger charge is -2.13. The monoisotopic (exact) mass is 431 g/mol. The number of carbonyl (C=O) groups excluding carboxylic acids is 2. The third kappa shape index (κ3) is 5.79. The fourth-order valence-corrected chi connectivity index (χ4v) is 2.40. The van der Waals surface area contributed by atoms with Gasteiger partial charge in [-0.25, -0.2) is 0 Å². The van der Waals surface area contributed by atoms with Crippen molar-refractivity contribution in [1.29, 1.82) is 0 Å². The van der Waals surface area contributed by atoms with Gasteiger partial charge in [-0.05, 0) is 35.9 Å².